The van der Waals surface area contributed by atoms with E-state index < -0.39 is 0 Å². The van der Waals surface area contributed by atoms with Gasteiger partial charge in [-0.2, -0.15) is 5.10 Å². The smallest absolute Gasteiger partial charge is 0.159 e. The molecular weight excluding hydrogens is 470 g/mol. The number of hydrogen-bond acceptors (Lipinski definition) is 5. The van der Waals surface area contributed by atoms with Gasteiger partial charge in [0.25, 0.3) is 0 Å². The van der Waals surface area contributed by atoms with Gasteiger partial charge < -0.3 is 10.3 Å². The second-order valence-electron chi connectivity index (χ2n) is 10.2. The van der Waals surface area contributed by atoms with Gasteiger partial charge in [0.05, 0.1) is 16.6 Å². The first-order valence-electron chi connectivity index (χ1n) is 13.3. The van der Waals surface area contributed by atoms with Crippen molar-refractivity contribution in [3.63, 3.8) is 0 Å². The molecule has 0 amide bonds. The monoisotopic (exact) mass is 499 g/mol. The number of para-hydroxylation sites is 1. The molecule has 1 aliphatic rings. The van der Waals surface area contributed by atoms with Gasteiger partial charge >= 0.3 is 0 Å². The second-order valence-corrected chi connectivity index (χ2v) is 10.2. The van der Waals surface area contributed by atoms with Crippen molar-refractivity contribution in [2.24, 2.45) is 5.92 Å². The van der Waals surface area contributed by atoms with E-state index in [0.717, 1.165) is 74.7 Å². The van der Waals surface area contributed by atoms with Gasteiger partial charge in [0, 0.05) is 47.8 Å². The number of rotatable bonds is 7. The summed E-state index contributed by atoms with van der Waals surface area (Å²) in [4.78, 5) is 17.2. The van der Waals surface area contributed by atoms with Gasteiger partial charge in [0.2, 0.25) is 0 Å². The Kier molecular flexibility index (Phi) is 5.90. The predicted octanol–water partition coefficient (Wildman–Crippen LogP) is 6.51. The summed E-state index contributed by atoms with van der Waals surface area (Å²) >= 11 is 0. The van der Waals surface area contributed by atoms with E-state index in [1.165, 1.54) is 31.2 Å². The average molecular weight is 500 g/mol. The van der Waals surface area contributed by atoms with E-state index in [4.69, 9.17) is 4.98 Å². The number of fused-ring (bicyclic) bond motifs is 2. The minimum Gasteiger partial charge on any atom is -0.337 e. The van der Waals surface area contributed by atoms with Crippen molar-refractivity contribution in [1.82, 2.24) is 35.5 Å². The summed E-state index contributed by atoms with van der Waals surface area (Å²) in [5, 5.41) is 12.5. The molecule has 0 bridgehead atoms. The number of nitrogens with zero attached hydrogens (tertiary/aromatic N) is 4. The molecule has 7 heteroatoms. The Morgan fingerprint density at radius 1 is 0.842 bits per heavy atom. The molecule has 6 aromatic rings. The maximum absolute atomic E-state index is 4.99. The third kappa shape index (κ3) is 4.35. The first-order chi connectivity index (χ1) is 18.8. The molecule has 1 fully saturated rings. The lowest BCUT2D eigenvalue weighted by atomic mass is 10.0. The van der Waals surface area contributed by atoms with E-state index in [1.54, 1.807) is 12.4 Å². The van der Waals surface area contributed by atoms with Crippen LogP contribution in [0.25, 0.3) is 55.7 Å². The predicted molar refractivity (Wildman–Crippen MR) is 151 cm³/mol. The number of hydrogen-bond donors (Lipinski definition) is 3. The quantitative estimate of drug-likeness (QED) is 0.233. The van der Waals surface area contributed by atoms with E-state index >= 15 is 0 Å². The fourth-order valence-corrected chi connectivity index (χ4v) is 5.66. The zero-order chi connectivity index (χ0) is 25.3. The third-order valence-electron chi connectivity index (χ3n) is 7.66. The molecule has 0 unspecified atom stereocenters. The molecule has 0 radical (unpaired) electrons. The van der Waals surface area contributed by atoms with Crippen LogP contribution in [0.1, 0.15) is 31.2 Å². The number of pyridine rings is 2. The van der Waals surface area contributed by atoms with Crippen LogP contribution in [-0.2, 0) is 6.54 Å². The van der Waals surface area contributed by atoms with Crippen molar-refractivity contribution in [1.29, 1.82) is 0 Å². The number of benzene rings is 2. The molecule has 1 saturated carbocycles. The lowest BCUT2D eigenvalue weighted by Crippen LogP contribution is -2.20. The van der Waals surface area contributed by atoms with Gasteiger partial charge in [-0.1, -0.05) is 31.0 Å². The lowest BCUT2D eigenvalue weighted by molar-refractivity contribution is 0.489. The minimum atomic E-state index is 0.743. The highest BCUT2D eigenvalue weighted by atomic mass is 15.1. The van der Waals surface area contributed by atoms with Crippen molar-refractivity contribution in [2.75, 3.05) is 6.54 Å². The van der Waals surface area contributed by atoms with Gasteiger partial charge in [0.1, 0.15) is 5.69 Å². The second kappa shape index (κ2) is 9.84. The van der Waals surface area contributed by atoms with E-state index in [0.29, 0.717) is 0 Å². The Balaban J connectivity index is 1.20. The summed E-state index contributed by atoms with van der Waals surface area (Å²) in [5.41, 5.74) is 9.24. The van der Waals surface area contributed by atoms with Crippen molar-refractivity contribution in [3.8, 4) is 33.8 Å². The molecule has 188 valence electrons. The maximum atomic E-state index is 4.99. The van der Waals surface area contributed by atoms with Gasteiger partial charge in [-0.05, 0) is 78.4 Å². The van der Waals surface area contributed by atoms with Crippen molar-refractivity contribution in [3.05, 3.63) is 84.9 Å². The van der Waals surface area contributed by atoms with Crippen molar-refractivity contribution in [2.45, 2.75) is 32.2 Å². The summed E-state index contributed by atoms with van der Waals surface area (Å²) in [6.07, 6.45) is 13.0. The summed E-state index contributed by atoms with van der Waals surface area (Å²) in [7, 11) is 0. The molecule has 38 heavy (non-hydrogen) atoms. The fraction of sp³-hybridized carbons (Fsp3) is 0.226. The van der Waals surface area contributed by atoms with Gasteiger partial charge in [0.15, 0.2) is 5.82 Å². The minimum absolute atomic E-state index is 0.743. The van der Waals surface area contributed by atoms with Crippen molar-refractivity contribution >= 4 is 21.9 Å². The molecule has 0 atom stereocenters. The van der Waals surface area contributed by atoms with E-state index in [9.17, 15) is 0 Å². The van der Waals surface area contributed by atoms with Crippen LogP contribution in [0.4, 0.5) is 0 Å². The van der Waals surface area contributed by atoms with Crippen molar-refractivity contribution < 1.29 is 0 Å². The molecule has 1 aliphatic carbocycles. The number of H-pyrrole nitrogens is 2. The SMILES string of the molecule is c1cc(-c2ccncc2)c2nc(-c3n[nH]c4ccc(-c5cncc(CNCC6CCCC6)c5)cc34)[nH]c2c1. The first kappa shape index (κ1) is 22.8. The molecule has 2 aromatic carbocycles. The Hall–Kier alpha value is -4.36. The maximum Gasteiger partial charge on any atom is 0.159 e. The third-order valence-corrected chi connectivity index (χ3v) is 7.66. The number of nitrogens with one attached hydrogen (secondary N) is 3. The van der Waals surface area contributed by atoms with E-state index in [2.05, 4.69) is 66.9 Å². The standard InChI is InChI=1S/C31H29N7/c1-2-5-20(4-1)16-33-17-21-14-24(19-34-18-21)23-8-9-27-26(15-23)30(38-37-27)31-35-28-7-3-6-25(29(28)36-31)22-10-12-32-13-11-22/h3,6-15,18-20,33H,1-2,4-5,16-17H2,(H,35,36)(H,37,38). The first-order valence-corrected chi connectivity index (χ1v) is 13.3. The lowest BCUT2D eigenvalue weighted by Gasteiger charge is -2.11. The summed E-state index contributed by atoms with van der Waals surface area (Å²) in [5.74, 6) is 1.57. The molecular formula is C31H29N7. The fourth-order valence-electron chi connectivity index (χ4n) is 5.66. The van der Waals surface area contributed by atoms with Crippen LogP contribution >= 0.6 is 0 Å². The molecule has 4 aromatic heterocycles. The van der Waals surface area contributed by atoms with Crippen LogP contribution < -0.4 is 5.32 Å². The van der Waals surface area contributed by atoms with Gasteiger partial charge in [-0.25, -0.2) is 4.98 Å². The molecule has 0 spiro atoms. The topological polar surface area (TPSA) is 95.2 Å². The molecule has 0 aliphatic heterocycles. The Bertz CT molecular complexity index is 1710. The molecule has 3 N–H and O–H groups in total. The van der Waals surface area contributed by atoms with Gasteiger partial charge in [-0.15, -0.1) is 0 Å². The summed E-state index contributed by atoms with van der Waals surface area (Å²) in [6.45, 7) is 1.93. The highest BCUT2D eigenvalue weighted by Gasteiger charge is 2.16. The van der Waals surface area contributed by atoms with Crippen LogP contribution in [0.15, 0.2) is 79.4 Å². The Morgan fingerprint density at radius 2 is 1.74 bits per heavy atom. The molecule has 7 rings (SSSR count). The average Bonchev–Trinajstić information content (AvgIpc) is 3.73. The normalized spacial score (nSPS) is 14.1. The van der Waals surface area contributed by atoms with Crippen LogP contribution in [0, 0.1) is 5.92 Å². The van der Waals surface area contributed by atoms with Crippen LogP contribution in [-0.4, -0.2) is 36.7 Å². The number of imidazole rings is 1. The Morgan fingerprint density at radius 3 is 2.63 bits per heavy atom. The molecule has 4 heterocycles. The largest absolute Gasteiger partial charge is 0.337 e. The summed E-state index contributed by atoms with van der Waals surface area (Å²) < 4.78 is 0. The highest BCUT2D eigenvalue weighted by molar-refractivity contribution is 5.98. The van der Waals surface area contributed by atoms with Crippen LogP contribution in [0.5, 0.6) is 0 Å². The van der Waals surface area contributed by atoms with Crippen LogP contribution in [0.2, 0.25) is 0 Å². The zero-order valence-corrected chi connectivity index (χ0v) is 21.1. The highest BCUT2D eigenvalue weighted by Crippen LogP contribution is 2.33. The Labute approximate surface area is 220 Å². The van der Waals surface area contributed by atoms with Gasteiger partial charge in [-0.3, -0.25) is 15.1 Å². The molecule has 7 nitrogen and oxygen atoms in total. The number of aromatic nitrogens is 6. The number of aromatic amines is 2. The zero-order valence-electron chi connectivity index (χ0n) is 21.1. The molecule has 0 saturated heterocycles. The van der Waals surface area contributed by atoms with Crippen LogP contribution in [0.3, 0.4) is 0 Å². The van der Waals surface area contributed by atoms with E-state index in [1.807, 2.05) is 30.6 Å². The summed E-state index contributed by atoms with van der Waals surface area (Å²) in [6, 6.07) is 18.8. The van der Waals surface area contributed by atoms with E-state index in [-0.39, 0.29) is 0 Å².